The van der Waals surface area contributed by atoms with Gasteiger partial charge in [0, 0.05) is 24.4 Å². The molecule has 0 atom stereocenters. The number of rotatable bonds is 6. The van der Waals surface area contributed by atoms with Gasteiger partial charge in [0.1, 0.15) is 0 Å². The minimum atomic E-state index is 0.657. The van der Waals surface area contributed by atoms with Crippen molar-refractivity contribution >= 4 is 17.3 Å². The average molecular weight is 347 g/mol. The van der Waals surface area contributed by atoms with Gasteiger partial charge in [-0.15, -0.1) is 15.3 Å². The van der Waals surface area contributed by atoms with Crippen molar-refractivity contribution < 1.29 is 0 Å². The maximum Gasteiger partial charge on any atom is 0.185 e. The van der Waals surface area contributed by atoms with Gasteiger partial charge in [-0.2, -0.15) is 9.61 Å². The fourth-order valence-corrected chi connectivity index (χ4v) is 2.70. The van der Waals surface area contributed by atoms with E-state index in [9.17, 15) is 0 Å². The van der Waals surface area contributed by atoms with E-state index in [4.69, 9.17) is 0 Å². The van der Waals surface area contributed by atoms with Gasteiger partial charge in [0.05, 0.1) is 0 Å². The van der Waals surface area contributed by atoms with Crippen LogP contribution in [0, 0.1) is 5.92 Å². The molecule has 0 saturated carbocycles. The minimum absolute atomic E-state index is 0.657. The highest BCUT2D eigenvalue weighted by Crippen LogP contribution is 2.19. The fourth-order valence-electron chi connectivity index (χ4n) is 2.70. The van der Waals surface area contributed by atoms with Crippen LogP contribution in [0.2, 0.25) is 0 Å². The van der Waals surface area contributed by atoms with Crippen molar-refractivity contribution in [2.24, 2.45) is 5.92 Å². The first-order valence-electron chi connectivity index (χ1n) is 8.77. The molecule has 0 aliphatic carbocycles. The molecular weight excluding hydrogens is 326 g/mol. The molecule has 3 heterocycles. The summed E-state index contributed by atoms with van der Waals surface area (Å²) in [6.07, 6.45) is 3.09. The number of fused-ring (bicyclic) bond motifs is 1. The number of anilines is 2. The molecule has 0 amide bonds. The van der Waals surface area contributed by atoms with Gasteiger partial charge in [-0.25, -0.2) is 0 Å². The van der Waals surface area contributed by atoms with Gasteiger partial charge in [-0.3, -0.25) is 4.68 Å². The van der Waals surface area contributed by atoms with Gasteiger partial charge in [0.2, 0.25) is 0 Å². The summed E-state index contributed by atoms with van der Waals surface area (Å²) in [6.45, 7) is 5.34. The van der Waals surface area contributed by atoms with E-state index >= 15 is 0 Å². The topological polar surface area (TPSA) is 72.9 Å². The van der Waals surface area contributed by atoms with E-state index in [0.29, 0.717) is 23.2 Å². The van der Waals surface area contributed by atoms with E-state index in [1.807, 2.05) is 59.4 Å². The summed E-state index contributed by atoms with van der Waals surface area (Å²) in [5, 5.41) is 20.9. The summed E-state index contributed by atoms with van der Waals surface area (Å²) in [5.74, 6) is 2.84. The van der Waals surface area contributed by atoms with E-state index in [2.05, 4.69) is 39.6 Å². The summed E-state index contributed by atoms with van der Waals surface area (Å²) in [5.41, 5.74) is 1.68. The summed E-state index contributed by atoms with van der Waals surface area (Å²) in [4.78, 5) is 0. The lowest BCUT2D eigenvalue weighted by Gasteiger charge is -2.05. The number of nitrogens with one attached hydrogen (secondary N) is 1. The van der Waals surface area contributed by atoms with Gasteiger partial charge < -0.3 is 5.32 Å². The Labute approximate surface area is 151 Å². The zero-order valence-corrected chi connectivity index (χ0v) is 14.9. The first-order chi connectivity index (χ1) is 12.7. The van der Waals surface area contributed by atoms with Crippen LogP contribution in [0.4, 0.5) is 11.6 Å². The van der Waals surface area contributed by atoms with E-state index < -0.39 is 0 Å². The monoisotopic (exact) mass is 347 g/mol. The van der Waals surface area contributed by atoms with E-state index in [1.165, 1.54) is 0 Å². The van der Waals surface area contributed by atoms with Crippen LogP contribution >= 0.6 is 0 Å². The number of hydrogen-bond acceptors (Lipinski definition) is 5. The molecule has 1 N–H and O–H groups in total. The third-order valence-electron chi connectivity index (χ3n) is 4.13. The highest BCUT2D eigenvalue weighted by Gasteiger charge is 2.10. The van der Waals surface area contributed by atoms with Crippen LogP contribution in [0.5, 0.6) is 0 Å². The number of aryl methyl sites for hydroxylation is 1. The standard InChI is InChI=1S/C19H21N7/c1-14(2)10-12-25-13-11-17(23-25)20-16-8-9-18-21-22-19(26(18)24-16)15-6-4-3-5-7-15/h3-9,11,13-14H,10,12H2,1-2H3,(H,20,23,24). The first-order valence-corrected chi connectivity index (χ1v) is 8.77. The van der Waals surface area contributed by atoms with Crippen molar-refractivity contribution in [3.05, 3.63) is 54.7 Å². The summed E-state index contributed by atoms with van der Waals surface area (Å²) >= 11 is 0. The second-order valence-electron chi connectivity index (χ2n) is 6.65. The maximum absolute atomic E-state index is 4.62. The molecular formula is C19H21N7. The molecule has 0 fully saturated rings. The Morgan fingerprint density at radius 2 is 1.73 bits per heavy atom. The number of hydrogen-bond donors (Lipinski definition) is 1. The van der Waals surface area contributed by atoms with Crippen LogP contribution in [0.1, 0.15) is 20.3 Å². The molecule has 26 heavy (non-hydrogen) atoms. The molecule has 0 saturated heterocycles. The van der Waals surface area contributed by atoms with E-state index in [0.717, 1.165) is 24.3 Å². The zero-order valence-electron chi connectivity index (χ0n) is 14.9. The molecule has 0 radical (unpaired) electrons. The van der Waals surface area contributed by atoms with Crippen molar-refractivity contribution in [3.63, 3.8) is 0 Å². The van der Waals surface area contributed by atoms with Crippen molar-refractivity contribution in [2.45, 2.75) is 26.8 Å². The van der Waals surface area contributed by atoms with Crippen molar-refractivity contribution in [1.29, 1.82) is 0 Å². The van der Waals surface area contributed by atoms with Crippen molar-refractivity contribution in [3.8, 4) is 11.4 Å². The van der Waals surface area contributed by atoms with Gasteiger partial charge in [-0.1, -0.05) is 44.2 Å². The Hall–Kier alpha value is -3.22. The third-order valence-corrected chi connectivity index (χ3v) is 4.13. The second kappa shape index (κ2) is 6.95. The predicted octanol–water partition coefficient (Wildman–Crippen LogP) is 3.78. The largest absolute Gasteiger partial charge is 0.322 e. The molecule has 7 nitrogen and oxygen atoms in total. The SMILES string of the molecule is CC(C)CCn1ccc(Nc2ccc3nnc(-c4ccccc4)n3n2)n1. The van der Waals surface area contributed by atoms with Crippen LogP contribution in [0.25, 0.3) is 17.0 Å². The van der Waals surface area contributed by atoms with E-state index in [-0.39, 0.29) is 0 Å². The maximum atomic E-state index is 4.62. The molecule has 3 aromatic heterocycles. The zero-order chi connectivity index (χ0) is 17.9. The molecule has 0 spiro atoms. The lowest BCUT2D eigenvalue weighted by Crippen LogP contribution is -2.04. The van der Waals surface area contributed by atoms with E-state index in [1.54, 1.807) is 4.52 Å². The molecule has 0 aliphatic rings. The van der Waals surface area contributed by atoms with Crippen LogP contribution in [-0.2, 0) is 6.54 Å². The number of aromatic nitrogens is 6. The summed E-state index contributed by atoms with van der Waals surface area (Å²) < 4.78 is 3.70. The molecule has 0 bridgehead atoms. The molecule has 132 valence electrons. The van der Waals surface area contributed by atoms with Crippen molar-refractivity contribution in [1.82, 2.24) is 29.6 Å². The Bertz CT molecular complexity index is 1000. The Balaban J connectivity index is 1.58. The molecule has 4 aromatic rings. The quantitative estimate of drug-likeness (QED) is 0.575. The smallest absolute Gasteiger partial charge is 0.185 e. The Morgan fingerprint density at radius 3 is 2.54 bits per heavy atom. The van der Waals surface area contributed by atoms with Crippen LogP contribution in [0.3, 0.4) is 0 Å². The predicted molar refractivity (Wildman–Crippen MR) is 101 cm³/mol. The third kappa shape index (κ3) is 3.42. The Kier molecular flexibility index (Phi) is 4.35. The van der Waals surface area contributed by atoms with Crippen LogP contribution in [0.15, 0.2) is 54.7 Å². The lowest BCUT2D eigenvalue weighted by atomic mass is 10.1. The van der Waals surface area contributed by atoms with Crippen molar-refractivity contribution in [2.75, 3.05) is 5.32 Å². The molecule has 7 heteroatoms. The normalized spacial score (nSPS) is 11.3. The minimum Gasteiger partial charge on any atom is -0.322 e. The number of benzene rings is 1. The molecule has 0 unspecified atom stereocenters. The molecule has 4 rings (SSSR count). The average Bonchev–Trinajstić information content (AvgIpc) is 3.27. The lowest BCUT2D eigenvalue weighted by molar-refractivity contribution is 0.488. The van der Waals surface area contributed by atoms with Gasteiger partial charge >= 0.3 is 0 Å². The summed E-state index contributed by atoms with van der Waals surface area (Å²) in [7, 11) is 0. The second-order valence-corrected chi connectivity index (χ2v) is 6.65. The molecule has 1 aromatic carbocycles. The number of nitrogens with zero attached hydrogens (tertiary/aromatic N) is 6. The summed E-state index contributed by atoms with van der Waals surface area (Å²) in [6, 6.07) is 15.6. The van der Waals surface area contributed by atoms with Gasteiger partial charge in [-0.05, 0) is 24.5 Å². The highest BCUT2D eigenvalue weighted by molar-refractivity contribution is 5.60. The van der Waals surface area contributed by atoms with Gasteiger partial charge in [0.25, 0.3) is 0 Å². The van der Waals surface area contributed by atoms with Gasteiger partial charge in [0.15, 0.2) is 23.1 Å². The highest BCUT2D eigenvalue weighted by atomic mass is 15.4. The van der Waals surface area contributed by atoms with Crippen LogP contribution in [-0.4, -0.2) is 29.6 Å². The van der Waals surface area contributed by atoms with Crippen LogP contribution < -0.4 is 5.32 Å². The Morgan fingerprint density at radius 1 is 0.923 bits per heavy atom. The fraction of sp³-hybridized carbons (Fsp3) is 0.263. The first kappa shape index (κ1) is 16.3. The molecule has 0 aliphatic heterocycles.